The molecule has 0 saturated heterocycles. The molecule has 0 fully saturated rings. The van der Waals surface area contributed by atoms with Gasteiger partial charge in [-0.2, -0.15) is 0 Å². The molecule has 0 radical (unpaired) electrons. The van der Waals surface area contributed by atoms with Crippen LogP contribution in [0.5, 0.6) is 0 Å². The highest BCUT2D eigenvalue weighted by Gasteiger charge is 2.29. The van der Waals surface area contributed by atoms with Crippen molar-refractivity contribution in [1.82, 2.24) is 0 Å². The average molecular weight is 1490 g/mol. The number of aliphatic hydroxyl groups is 2. The zero-order valence-corrected chi connectivity index (χ0v) is 66.7. The molecule has 0 aliphatic heterocycles. The summed E-state index contributed by atoms with van der Waals surface area (Å²) in [5.41, 5.74) is 0. The van der Waals surface area contributed by atoms with Gasteiger partial charge in [0.2, 0.25) is 0 Å². The van der Waals surface area contributed by atoms with Crippen LogP contribution >= 0.6 is 15.6 Å². The first-order chi connectivity index (χ1) is 50.2. The zero-order valence-electron chi connectivity index (χ0n) is 65.0. The number of aliphatic hydroxyl groups excluding tert-OH is 2. The number of phosphoric ester groups is 2. The predicted octanol–water partition coefficient (Wildman–Crippen LogP) is 24.1. The predicted molar refractivity (Wildman–Crippen MR) is 427 cm³/mol. The van der Waals surface area contributed by atoms with Crippen LogP contribution in [0.25, 0.3) is 0 Å². The monoisotopic (exact) mass is 1490 g/mol. The molecule has 103 heavy (non-hydrogen) atoms. The number of carbonyl (C=O) groups is 3. The summed E-state index contributed by atoms with van der Waals surface area (Å²) in [4.78, 5) is 58.7. The highest BCUT2D eigenvalue weighted by Crippen LogP contribution is 2.45. The van der Waals surface area contributed by atoms with E-state index in [9.17, 15) is 43.5 Å². The fourth-order valence-electron chi connectivity index (χ4n) is 11.0. The Morgan fingerprint density at radius 3 is 0.816 bits per heavy atom. The molecular formula is C85H148O16P2. The van der Waals surface area contributed by atoms with Crippen LogP contribution in [0.2, 0.25) is 0 Å². The number of phosphoric acid groups is 2. The zero-order chi connectivity index (χ0) is 75.2. The maximum atomic E-state index is 13.0. The van der Waals surface area contributed by atoms with E-state index >= 15 is 0 Å². The first kappa shape index (κ1) is 98.9. The second-order valence-corrected chi connectivity index (χ2v) is 30.1. The Morgan fingerprint density at radius 2 is 0.515 bits per heavy atom. The molecule has 0 saturated carbocycles. The summed E-state index contributed by atoms with van der Waals surface area (Å²) in [7, 11) is -9.79. The third-order valence-electron chi connectivity index (χ3n) is 17.2. The standard InChI is InChI=1S/C85H148O16P2/c1-4-7-10-13-16-19-22-25-28-30-32-34-35-36-37-38-39-40-41-42-43-45-47-48-51-53-56-59-62-65-68-71-83(88)95-74-80(86)75-97-102(91,92)98-76-81(87)77-99-103(93,94)100-79-82(101-85(90)73-70-67-64-61-58-55-50-27-24-21-18-15-12-9-6-3)78-96-84(89)72-69-66-63-60-57-54-52-49-46-44-33-31-29-26-23-20-17-14-11-8-5-2/h7-8,10-11,16-17,19-20,25-26,28-29,32-34,36-37,44,49,52,80-82,86-87H,4-6,9,12-15,18,21-24,27,30-31,35,38-43,45-48,50-51,53-79H2,1-3H3,(H,91,92)(H,93,94)/b10-7-,11-8-,19-16-,20-17-,28-25-,29-26-,34-32-,37-36-,44-33-,52-49-. The lowest BCUT2D eigenvalue weighted by Gasteiger charge is -2.21. The molecular weight excluding hydrogens is 1340 g/mol. The van der Waals surface area contributed by atoms with Crippen LogP contribution in [0.15, 0.2) is 122 Å². The topological polar surface area (TPSA) is 231 Å². The molecule has 16 nitrogen and oxygen atoms in total. The van der Waals surface area contributed by atoms with Crippen LogP contribution in [-0.2, 0) is 55.8 Å². The van der Waals surface area contributed by atoms with Crippen molar-refractivity contribution in [1.29, 1.82) is 0 Å². The van der Waals surface area contributed by atoms with E-state index in [4.69, 9.17) is 32.3 Å². The second-order valence-electron chi connectivity index (χ2n) is 27.2. The van der Waals surface area contributed by atoms with Gasteiger partial charge in [-0.05, 0) is 109 Å². The molecule has 5 unspecified atom stereocenters. The van der Waals surface area contributed by atoms with E-state index in [0.29, 0.717) is 19.3 Å². The summed E-state index contributed by atoms with van der Waals surface area (Å²) in [5.74, 6) is -1.58. The van der Waals surface area contributed by atoms with Crippen LogP contribution in [0.3, 0.4) is 0 Å². The molecule has 594 valence electrons. The summed E-state index contributed by atoms with van der Waals surface area (Å²) in [5, 5.41) is 20.7. The van der Waals surface area contributed by atoms with Gasteiger partial charge in [-0.15, -0.1) is 0 Å². The SMILES string of the molecule is CC/C=C\C/C=C\C/C=C\C/C=C\C/C=C\CCCCCCCCCCCCCCCCCC(=O)OCC(O)COP(=O)(O)OCC(O)COP(=O)(O)OCC(COC(=O)CCCCCCC/C=C\C/C=C\C/C=C\C/C=C\C/C=C\CC)OC(=O)CCCCCCCCCCCCCCCCC. The Labute approximate surface area is 627 Å². The molecule has 0 bridgehead atoms. The van der Waals surface area contributed by atoms with Crippen LogP contribution in [0.4, 0.5) is 0 Å². The number of rotatable bonds is 77. The van der Waals surface area contributed by atoms with Crippen molar-refractivity contribution in [2.24, 2.45) is 0 Å². The highest BCUT2D eigenvalue weighted by atomic mass is 31.2. The van der Waals surface area contributed by atoms with Gasteiger partial charge in [0.05, 0.1) is 26.4 Å². The Kier molecular flexibility index (Phi) is 74.5. The van der Waals surface area contributed by atoms with Gasteiger partial charge >= 0.3 is 33.6 Å². The van der Waals surface area contributed by atoms with E-state index in [1.807, 2.05) is 0 Å². The maximum Gasteiger partial charge on any atom is 0.472 e. The molecule has 5 atom stereocenters. The van der Waals surface area contributed by atoms with Crippen LogP contribution in [-0.4, -0.2) is 95.9 Å². The molecule has 0 amide bonds. The Morgan fingerprint density at radius 1 is 0.282 bits per heavy atom. The van der Waals surface area contributed by atoms with Crippen LogP contribution in [0, 0.1) is 0 Å². The molecule has 0 spiro atoms. The van der Waals surface area contributed by atoms with E-state index in [1.54, 1.807) is 0 Å². The smallest absolute Gasteiger partial charge is 0.463 e. The fraction of sp³-hybridized carbons (Fsp3) is 0.729. The minimum absolute atomic E-state index is 0.102. The van der Waals surface area contributed by atoms with Gasteiger partial charge in [-0.25, -0.2) is 9.13 Å². The number of unbranched alkanes of at least 4 members (excludes halogenated alkanes) is 34. The summed E-state index contributed by atoms with van der Waals surface area (Å²) < 4.78 is 61.2. The summed E-state index contributed by atoms with van der Waals surface area (Å²) in [6, 6.07) is 0. The van der Waals surface area contributed by atoms with Crippen molar-refractivity contribution in [3.05, 3.63) is 122 Å². The molecule has 18 heteroatoms. The molecule has 0 aromatic carbocycles. The van der Waals surface area contributed by atoms with Gasteiger partial charge in [0, 0.05) is 19.3 Å². The molecule has 0 aromatic heterocycles. The van der Waals surface area contributed by atoms with E-state index in [0.717, 1.165) is 141 Å². The van der Waals surface area contributed by atoms with Gasteiger partial charge in [0.1, 0.15) is 25.4 Å². The molecule has 0 aromatic rings. The summed E-state index contributed by atoms with van der Waals surface area (Å²) in [6.45, 7) is 2.47. The third-order valence-corrected chi connectivity index (χ3v) is 19.1. The van der Waals surface area contributed by atoms with E-state index in [-0.39, 0.29) is 19.3 Å². The first-order valence-corrected chi connectivity index (χ1v) is 43.8. The number of ether oxygens (including phenoxy) is 3. The Hall–Kier alpha value is -4.05. The van der Waals surface area contributed by atoms with Gasteiger partial charge in [0.15, 0.2) is 6.10 Å². The maximum absolute atomic E-state index is 13.0. The molecule has 0 heterocycles. The first-order valence-electron chi connectivity index (χ1n) is 40.8. The number of carbonyl (C=O) groups excluding carboxylic acids is 3. The van der Waals surface area contributed by atoms with Gasteiger partial charge in [0.25, 0.3) is 0 Å². The van der Waals surface area contributed by atoms with E-state index in [2.05, 4.69) is 142 Å². The average Bonchev–Trinajstić information content (AvgIpc) is 0.922. The largest absolute Gasteiger partial charge is 0.472 e. The minimum Gasteiger partial charge on any atom is -0.463 e. The molecule has 4 N–H and O–H groups in total. The highest BCUT2D eigenvalue weighted by molar-refractivity contribution is 7.47. The number of esters is 3. The van der Waals surface area contributed by atoms with Gasteiger partial charge in [-0.1, -0.05) is 335 Å². The lowest BCUT2D eigenvalue weighted by molar-refractivity contribution is -0.161. The lowest BCUT2D eigenvalue weighted by Crippen LogP contribution is -2.30. The number of hydrogen-bond donors (Lipinski definition) is 4. The second kappa shape index (κ2) is 77.6. The molecule has 0 aliphatic carbocycles. The van der Waals surface area contributed by atoms with Crippen molar-refractivity contribution in [2.45, 2.75) is 360 Å². The quantitative estimate of drug-likeness (QED) is 0.0146. The van der Waals surface area contributed by atoms with Crippen LogP contribution in [0.1, 0.15) is 342 Å². The van der Waals surface area contributed by atoms with E-state index < -0.39 is 91.5 Å². The fourth-order valence-corrected chi connectivity index (χ4v) is 12.6. The normalized spacial score (nSPS) is 14.6. The number of hydrogen-bond acceptors (Lipinski definition) is 14. The van der Waals surface area contributed by atoms with Crippen molar-refractivity contribution < 1.29 is 75.8 Å². The minimum atomic E-state index is -4.93. The molecule has 0 aliphatic rings. The van der Waals surface area contributed by atoms with Crippen molar-refractivity contribution in [3.63, 3.8) is 0 Å². The summed E-state index contributed by atoms with van der Waals surface area (Å²) >= 11 is 0. The number of allylic oxidation sites excluding steroid dienone is 20. The van der Waals surface area contributed by atoms with Crippen molar-refractivity contribution >= 4 is 33.6 Å². The lowest BCUT2D eigenvalue weighted by atomic mass is 10.0. The third kappa shape index (κ3) is 78.8. The van der Waals surface area contributed by atoms with Crippen molar-refractivity contribution in [2.75, 3.05) is 39.6 Å². The van der Waals surface area contributed by atoms with Crippen LogP contribution < -0.4 is 0 Å². The Balaban J connectivity index is 4.49. The van der Waals surface area contributed by atoms with Gasteiger partial charge in [-0.3, -0.25) is 32.5 Å². The Bertz CT molecular complexity index is 2360. The van der Waals surface area contributed by atoms with Crippen molar-refractivity contribution in [3.8, 4) is 0 Å². The molecule has 0 rings (SSSR count). The van der Waals surface area contributed by atoms with Gasteiger partial charge < -0.3 is 34.2 Å². The summed E-state index contributed by atoms with van der Waals surface area (Å²) in [6.07, 6.45) is 92.5. The van der Waals surface area contributed by atoms with E-state index in [1.165, 1.54) is 141 Å².